The Labute approximate surface area is 124 Å². The van der Waals surface area contributed by atoms with Crippen molar-refractivity contribution < 1.29 is 0 Å². The van der Waals surface area contributed by atoms with Crippen molar-refractivity contribution in [1.82, 2.24) is 15.0 Å². The van der Waals surface area contributed by atoms with Gasteiger partial charge in [0.2, 0.25) is 0 Å². The van der Waals surface area contributed by atoms with Crippen LogP contribution < -0.4 is 10.2 Å². The SMILES string of the molecule is CCCc1c(NCC)ncnc1N(C)Cc1cscn1. The van der Waals surface area contributed by atoms with E-state index in [9.17, 15) is 0 Å². The van der Waals surface area contributed by atoms with Crippen molar-refractivity contribution >= 4 is 23.0 Å². The number of nitrogens with one attached hydrogen (secondary N) is 1. The number of thiazole rings is 1. The lowest BCUT2D eigenvalue weighted by atomic mass is 10.1. The lowest BCUT2D eigenvalue weighted by Gasteiger charge is -2.21. The summed E-state index contributed by atoms with van der Waals surface area (Å²) in [4.78, 5) is 15.3. The second-order valence-electron chi connectivity index (χ2n) is 4.64. The van der Waals surface area contributed by atoms with Crippen LogP contribution in [0.2, 0.25) is 0 Å². The fraction of sp³-hybridized carbons (Fsp3) is 0.500. The minimum atomic E-state index is 0.767. The van der Waals surface area contributed by atoms with E-state index in [1.807, 2.05) is 5.51 Å². The number of hydrogen-bond acceptors (Lipinski definition) is 6. The largest absolute Gasteiger partial charge is 0.370 e. The van der Waals surface area contributed by atoms with E-state index in [0.717, 1.165) is 43.3 Å². The average Bonchev–Trinajstić information content (AvgIpc) is 2.94. The van der Waals surface area contributed by atoms with Gasteiger partial charge in [-0.15, -0.1) is 11.3 Å². The number of rotatable bonds is 7. The summed E-state index contributed by atoms with van der Waals surface area (Å²) in [6, 6.07) is 0. The highest BCUT2D eigenvalue weighted by atomic mass is 32.1. The summed E-state index contributed by atoms with van der Waals surface area (Å²) in [6.07, 6.45) is 3.67. The Hall–Kier alpha value is -1.69. The van der Waals surface area contributed by atoms with Crippen LogP contribution in [0, 0.1) is 0 Å². The van der Waals surface area contributed by atoms with E-state index in [1.54, 1.807) is 17.7 Å². The van der Waals surface area contributed by atoms with E-state index in [-0.39, 0.29) is 0 Å². The highest BCUT2D eigenvalue weighted by molar-refractivity contribution is 7.07. The molecule has 0 saturated heterocycles. The quantitative estimate of drug-likeness (QED) is 0.850. The number of anilines is 2. The van der Waals surface area contributed by atoms with Gasteiger partial charge in [0.25, 0.3) is 0 Å². The lowest BCUT2D eigenvalue weighted by molar-refractivity contribution is 0.831. The Balaban J connectivity index is 2.26. The third kappa shape index (κ3) is 3.45. The molecule has 5 nitrogen and oxygen atoms in total. The molecule has 0 atom stereocenters. The highest BCUT2D eigenvalue weighted by Crippen LogP contribution is 2.25. The molecule has 2 rings (SSSR count). The molecule has 1 N–H and O–H groups in total. The fourth-order valence-corrected chi connectivity index (χ4v) is 2.72. The van der Waals surface area contributed by atoms with E-state index in [2.05, 4.69) is 51.4 Å². The zero-order valence-corrected chi connectivity index (χ0v) is 13.1. The molecule has 0 radical (unpaired) electrons. The fourth-order valence-electron chi connectivity index (χ4n) is 2.17. The lowest BCUT2D eigenvalue weighted by Crippen LogP contribution is -2.21. The summed E-state index contributed by atoms with van der Waals surface area (Å²) in [5.74, 6) is 1.94. The third-order valence-corrected chi connectivity index (χ3v) is 3.65. The van der Waals surface area contributed by atoms with Crippen LogP contribution in [0.25, 0.3) is 0 Å². The van der Waals surface area contributed by atoms with Gasteiger partial charge in [0.05, 0.1) is 17.7 Å². The number of aromatic nitrogens is 3. The Morgan fingerprint density at radius 2 is 2.10 bits per heavy atom. The first-order valence-corrected chi connectivity index (χ1v) is 7.86. The summed E-state index contributed by atoms with van der Waals surface area (Å²) in [5.41, 5.74) is 4.12. The molecule has 6 heteroatoms. The standard InChI is InChI=1S/C14H21N5S/c1-4-6-12-13(15-5-2)16-9-17-14(12)19(3)7-11-8-20-10-18-11/h8-10H,4-7H2,1-3H3,(H,15,16,17). The van der Waals surface area contributed by atoms with Crippen molar-refractivity contribution in [3.8, 4) is 0 Å². The zero-order valence-electron chi connectivity index (χ0n) is 12.3. The number of hydrogen-bond donors (Lipinski definition) is 1. The van der Waals surface area contributed by atoms with Crippen LogP contribution in [0.3, 0.4) is 0 Å². The Kier molecular flexibility index (Phi) is 5.29. The van der Waals surface area contributed by atoms with E-state index < -0.39 is 0 Å². The van der Waals surface area contributed by atoms with Gasteiger partial charge in [-0.2, -0.15) is 0 Å². The molecular formula is C14H21N5S. The van der Waals surface area contributed by atoms with Crippen molar-refractivity contribution in [2.75, 3.05) is 23.8 Å². The highest BCUT2D eigenvalue weighted by Gasteiger charge is 2.14. The molecule has 0 fully saturated rings. The summed E-state index contributed by atoms with van der Waals surface area (Å²) in [5, 5.41) is 5.40. The van der Waals surface area contributed by atoms with Crippen LogP contribution in [0.4, 0.5) is 11.6 Å². The molecule has 2 aromatic rings. The van der Waals surface area contributed by atoms with E-state index >= 15 is 0 Å². The minimum Gasteiger partial charge on any atom is -0.370 e. The summed E-state index contributed by atoms with van der Waals surface area (Å²) < 4.78 is 0. The van der Waals surface area contributed by atoms with Gasteiger partial charge in [0.1, 0.15) is 18.0 Å². The molecule has 0 saturated carbocycles. The topological polar surface area (TPSA) is 53.9 Å². The molecule has 0 aliphatic rings. The van der Waals surface area contributed by atoms with Gasteiger partial charge in [-0.25, -0.2) is 15.0 Å². The van der Waals surface area contributed by atoms with Crippen molar-refractivity contribution in [2.45, 2.75) is 33.2 Å². The van der Waals surface area contributed by atoms with E-state index in [0.29, 0.717) is 0 Å². The predicted molar refractivity (Wildman–Crippen MR) is 84.4 cm³/mol. The molecule has 0 aliphatic carbocycles. The molecule has 2 heterocycles. The second-order valence-corrected chi connectivity index (χ2v) is 5.36. The normalized spacial score (nSPS) is 10.6. The maximum atomic E-state index is 4.47. The van der Waals surface area contributed by atoms with Crippen molar-refractivity contribution in [2.24, 2.45) is 0 Å². The van der Waals surface area contributed by atoms with Gasteiger partial charge in [-0.05, 0) is 13.3 Å². The van der Waals surface area contributed by atoms with Crippen LogP contribution in [0.15, 0.2) is 17.2 Å². The predicted octanol–water partition coefficient (Wildman–Crippen LogP) is 2.95. The van der Waals surface area contributed by atoms with Gasteiger partial charge in [-0.1, -0.05) is 13.3 Å². The molecule has 0 aromatic carbocycles. The van der Waals surface area contributed by atoms with Gasteiger partial charge in [0, 0.05) is 24.5 Å². The van der Waals surface area contributed by atoms with Crippen LogP contribution >= 0.6 is 11.3 Å². The van der Waals surface area contributed by atoms with Gasteiger partial charge < -0.3 is 10.2 Å². The molecule has 0 amide bonds. The smallest absolute Gasteiger partial charge is 0.137 e. The average molecular weight is 291 g/mol. The van der Waals surface area contributed by atoms with Gasteiger partial charge >= 0.3 is 0 Å². The van der Waals surface area contributed by atoms with Crippen LogP contribution in [0.1, 0.15) is 31.5 Å². The van der Waals surface area contributed by atoms with E-state index in [4.69, 9.17) is 0 Å². The third-order valence-electron chi connectivity index (χ3n) is 3.01. The van der Waals surface area contributed by atoms with Crippen molar-refractivity contribution in [3.05, 3.63) is 28.5 Å². The maximum Gasteiger partial charge on any atom is 0.137 e. The molecule has 0 bridgehead atoms. The van der Waals surface area contributed by atoms with Gasteiger partial charge in [-0.3, -0.25) is 0 Å². The Morgan fingerprint density at radius 3 is 2.75 bits per heavy atom. The summed E-state index contributed by atoms with van der Waals surface area (Å²) in [6.45, 7) is 5.88. The minimum absolute atomic E-state index is 0.767. The first-order valence-electron chi connectivity index (χ1n) is 6.92. The van der Waals surface area contributed by atoms with E-state index in [1.165, 1.54) is 5.56 Å². The van der Waals surface area contributed by atoms with Crippen LogP contribution in [-0.4, -0.2) is 28.5 Å². The molecule has 2 aromatic heterocycles. The summed E-state index contributed by atoms with van der Waals surface area (Å²) >= 11 is 1.62. The Bertz CT molecular complexity index is 526. The monoisotopic (exact) mass is 291 g/mol. The molecular weight excluding hydrogens is 270 g/mol. The summed E-state index contributed by atoms with van der Waals surface area (Å²) in [7, 11) is 2.05. The molecule has 108 valence electrons. The second kappa shape index (κ2) is 7.19. The molecule has 0 spiro atoms. The molecule has 0 aliphatic heterocycles. The Morgan fingerprint density at radius 1 is 1.25 bits per heavy atom. The van der Waals surface area contributed by atoms with Gasteiger partial charge in [0.15, 0.2) is 0 Å². The first-order chi connectivity index (χ1) is 9.76. The molecule has 0 unspecified atom stereocenters. The zero-order chi connectivity index (χ0) is 14.4. The van der Waals surface area contributed by atoms with Crippen molar-refractivity contribution in [3.63, 3.8) is 0 Å². The first kappa shape index (κ1) is 14.7. The van der Waals surface area contributed by atoms with Crippen molar-refractivity contribution in [1.29, 1.82) is 0 Å². The maximum absolute atomic E-state index is 4.47. The number of nitrogens with zero attached hydrogens (tertiary/aromatic N) is 4. The van der Waals surface area contributed by atoms with Crippen LogP contribution in [0.5, 0.6) is 0 Å². The van der Waals surface area contributed by atoms with Crippen LogP contribution in [-0.2, 0) is 13.0 Å². The molecule has 20 heavy (non-hydrogen) atoms.